The van der Waals surface area contributed by atoms with Gasteiger partial charge in [-0.15, -0.1) is 10.2 Å². The molecule has 1 aromatic heterocycles. The Balaban J connectivity index is 1.55. The zero-order valence-electron chi connectivity index (χ0n) is 20.7. The third-order valence-electron chi connectivity index (χ3n) is 5.57. The number of thioether (sulfide) groups is 1. The Kier molecular flexibility index (Phi) is 7.64. The maximum absolute atomic E-state index is 13.7. The van der Waals surface area contributed by atoms with E-state index in [0.29, 0.717) is 16.5 Å². The number of amides is 1. The van der Waals surface area contributed by atoms with Crippen LogP contribution in [0.5, 0.6) is 0 Å². The first-order chi connectivity index (χ1) is 17.2. The Morgan fingerprint density at radius 1 is 1.03 bits per heavy atom. The predicted octanol–water partition coefficient (Wildman–Crippen LogP) is 5.92. The Morgan fingerprint density at radius 2 is 1.72 bits per heavy atom. The van der Waals surface area contributed by atoms with Gasteiger partial charge in [-0.25, -0.2) is 9.82 Å². The summed E-state index contributed by atoms with van der Waals surface area (Å²) in [5.41, 5.74) is 7.00. The summed E-state index contributed by atoms with van der Waals surface area (Å²) in [7, 11) is 0. The standard InChI is InChI=1S/C28H28FN5OS/c1-19-9-15-23(16-10-19)34-26(20-11-13-22(14-12-20)28(2,3)4)32-33-27(34)36-18-25(35)31-30-17-21-7-5-6-8-24(21)29/h5-17H,18H2,1-4H3,(H,31,35)/b30-17+. The lowest BCUT2D eigenvalue weighted by Crippen LogP contribution is -2.20. The summed E-state index contributed by atoms with van der Waals surface area (Å²) >= 11 is 1.26. The van der Waals surface area contributed by atoms with Gasteiger partial charge in [-0.2, -0.15) is 5.10 Å². The molecule has 0 radical (unpaired) electrons. The van der Waals surface area contributed by atoms with Gasteiger partial charge in [0.2, 0.25) is 0 Å². The number of benzene rings is 3. The number of hydrazone groups is 1. The highest BCUT2D eigenvalue weighted by Gasteiger charge is 2.19. The highest BCUT2D eigenvalue weighted by Crippen LogP contribution is 2.30. The lowest BCUT2D eigenvalue weighted by molar-refractivity contribution is -0.118. The molecule has 1 N–H and O–H groups in total. The second kappa shape index (κ2) is 10.9. The number of aromatic nitrogens is 3. The molecular formula is C28H28FN5OS. The summed E-state index contributed by atoms with van der Waals surface area (Å²) in [4.78, 5) is 12.4. The van der Waals surface area contributed by atoms with E-state index >= 15 is 0 Å². The molecule has 0 bridgehead atoms. The molecule has 0 spiro atoms. The smallest absolute Gasteiger partial charge is 0.250 e. The van der Waals surface area contributed by atoms with Crippen molar-refractivity contribution in [2.24, 2.45) is 5.10 Å². The van der Waals surface area contributed by atoms with Gasteiger partial charge in [-0.3, -0.25) is 9.36 Å². The van der Waals surface area contributed by atoms with E-state index < -0.39 is 5.82 Å². The second-order valence-corrected chi connectivity index (χ2v) is 10.4. The summed E-state index contributed by atoms with van der Waals surface area (Å²) in [6.07, 6.45) is 1.28. The van der Waals surface area contributed by atoms with Crippen molar-refractivity contribution in [1.82, 2.24) is 20.2 Å². The molecule has 3 aromatic carbocycles. The van der Waals surface area contributed by atoms with Crippen molar-refractivity contribution in [3.05, 3.63) is 95.3 Å². The topological polar surface area (TPSA) is 72.2 Å². The van der Waals surface area contributed by atoms with Gasteiger partial charge in [-0.05, 0) is 36.1 Å². The number of rotatable bonds is 7. The largest absolute Gasteiger partial charge is 0.272 e. The number of aryl methyl sites for hydroxylation is 1. The van der Waals surface area contributed by atoms with Crippen LogP contribution in [0.4, 0.5) is 4.39 Å². The maximum Gasteiger partial charge on any atom is 0.250 e. The lowest BCUT2D eigenvalue weighted by atomic mass is 9.87. The molecule has 0 aliphatic carbocycles. The molecule has 36 heavy (non-hydrogen) atoms. The van der Waals surface area contributed by atoms with Crippen molar-refractivity contribution in [2.45, 2.75) is 38.3 Å². The van der Waals surface area contributed by atoms with E-state index in [-0.39, 0.29) is 17.1 Å². The van der Waals surface area contributed by atoms with E-state index in [0.717, 1.165) is 16.8 Å². The Morgan fingerprint density at radius 3 is 2.39 bits per heavy atom. The number of carbonyl (C=O) groups is 1. The van der Waals surface area contributed by atoms with Gasteiger partial charge < -0.3 is 0 Å². The Bertz CT molecular complexity index is 1370. The molecule has 8 heteroatoms. The lowest BCUT2D eigenvalue weighted by Gasteiger charge is -2.19. The Hall–Kier alpha value is -3.78. The number of hydrogen-bond donors (Lipinski definition) is 1. The fraction of sp³-hybridized carbons (Fsp3) is 0.214. The highest BCUT2D eigenvalue weighted by molar-refractivity contribution is 7.99. The zero-order chi connectivity index (χ0) is 25.7. The molecule has 0 aliphatic rings. The molecule has 0 fully saturated rings. The van der Waals surface area contributed by atoms with Gasteiger partial charge in [0.05, 0.1) is 12.0 Å². The van der Waals surface area contributed by atoms with Crippen molar-refractivity contribution in [1.29, 1.82) is 0 Å². The molecule has 0 saturated heterocycles. The minimum absolute atomic E-state index is 0.0479. The maximum atomic E-state index is 13.7. The molecule has 0 aliphatic heterocycles. The molecule has 6 nitrogen and oxygen atoms in total. The highest BCUT2D eigenvalue weighted by atomic mass is 32.2. The third-order valence-corrected chi connectivity index (χ3v) is 6.49. The van der Waals surface area contributed by atoms with Crippen LogP contribution in [0.1, 0.15) is 37.5 Å². The molecule has 0 saturated carbocycles. The normalized spacial score (nSPS) is 11.7. The molecule has 1 amide bonds. The second-order valence-electron chi connectivity index (χ2n) is 9.41. The van der Waals surface area contributed by atoms with Crippen LogP contribution in [0.3, 0.4) is 0 Å². The number of halogens is 1. The number of carbonyl (C=O) groups excluding carboxylic acids is 1. The molecule has 184 valence electrons. The van der Waals surface area contributed by atoms with Gasteiger partial charge in [0.1, 0.15) is 5.82 Å². The summed E-state index contributed by atoms with van der Waals surface area (Å²) in [6, 6.07) is 22.6. The van der Waals surface area contributed by atoms with Gasteiger partial charge >= 0.3 is 0 Å². The van der Waals surface area contributed by atoms with E-state index in [2.05, 4.69) is 53.6 Å². The number of nitrogens with zero attached hydrogens (tertiary/aromatic N) is 4. The minimum atomic E-state index is -0.404. The van der Waals surface area contributed by atoms with Gasteiger partial charge in [-0.1, -0.05) is 92.7 Å². The fourth-order valence-electron chi connectivity index (χ4n) is 3.51. The van der Waals surface area contributed by atoms with Crippen LogP contribution < -0.4 is 5.43 Å². The number of hydrogen-bond acceptors (Lipinski definition) is 5. The van der Waals surface area contributed by atoms with E-state index in [1.54, 1.807) is 18.2 Å². The van der Waals surface area contributed by atoms with Gasteiger partial charge in [0, 0.05) is 16.8 Å². The monoisotopic (exact) mass is 501 g/mol. The summed E-state index contributed by atoms with van der Waals surface area (Å²) in [5.74, 6) is 0.0303. The van der Waals surface area contributed by atoms with Crippen molar-refractivity contribution in [3.8, 4) is 17.1 Å². The van der Waals surface area contributed by atoms with Crippen LogP contribution in [0, 0.1) is 12.7 Å². The molecular weight excluding hydrogens is 473 g/mol. The van der Waals surface area contributed by atoms with Gasteiger partial charge in [0.15, 0.2) is 11.0 Å². The van der Waals surface area contributed by atoms with E-state index in [9.17, 15) is 9.18 Å². The zero-order valence-corrected chi connectivity index (χ0v) is 21.5. The predicted molar refractivity (Wildman–Crippen MR) is 143 cm³/mol. The van der Waals surface area contributed by atoms with E-state index in [4.69, 9.17) is 0 Å². The van der Waals surface area contributed by atoms with Crippen molar-refractivity contribution >= 4 is 23.9 Å². The fourth-order valence-corrected chi connectivity index (χ4v) is 4.26. The van der Waals surface area contributed by atoms with Crippen molar-refractivity contribution < 1.29 is 9.18 Å². The van der Waals surface area contributed by atoms with Crippen LogP contribution in [-0.4, -0.2) is 32.6 Å². The SMILES string of the molecule is Cc1ccc(-n2c(SCC(=O)N/N=C/c3ccccc3F)nnc2-c2ccc(C(C)(C)C)cc2)cc1. The quantitative estimate of drug-likeness (QED) is 0.194. The first kappa shape index (κ1) is 25.3. The number of nitrogens with one attached hydrogen (secondary N) is 1. The summed E-state index contributed by atoms with van der Waals surface area (Å²) in [5, 5.41) is 13.3. The van der Waals surface area contributed by atoms with Crippen LogP contribution >= 0.6 is 11.8 Å². The first-order valence-corrected chi connectivity index (χ1v) is 12.5. The summed E-state index contributed by atoms with van der Waals surface area (Å²) < 4.78 is 15.7. The molecule has 4 rings (SSSR count). The van der Waals surface area contributed by atoms with Crippen LogP contribution in [0.15, 0.2) is 83.1 Å². The van der Waals surface area contributed by atoms with E-state index in [1.165, 1.54) is 29.6 Å². The van der Waals surface area contributed by atoms with Crippen LogP contribution in [-0.2, 0) is 10.2 Å². The van der Waals surface area contributed by atoms with Gasteiger partial charge in [0.25, 0.3) is 5.91 Å². The molecule has 1 heterocycles. The van der Waals surface area contributed by atoms with Crippen LogP contribution in [0.25, 0.3) is 17.1 Å². The van der Waals surface area contributed by atoms with Crippen molar-refractivity contribution in [3.63, 3.8) is 0 Å². The minimum Gasteiger partial charge on any atom is -0.272 e. The average Bonchev–Trinajstić information content (AvgIpc) is 3.28. The molecule has 0 unspecified atom stereocenters. The molecule has 4 aromatic rings. The Labute approximate surface area is 214 Å². The summed E-state index contributed by atoms with van der Waals surface area (Å²) in [6.45, 7) is 8.56. The molecule has 0 atom stereocenters. The average molecular weight is 502 g/mol. The third kappa shape index (κ3) is 6.07. The van der Waals surface area contributed by atoms with Crippen molar-refractivity contribution in [2.75, 3.05) is 5.75 Å². The first-order valence-electron chi connectivity index (χ1n) is 11.5. The van der Waals surface area contributed by atoms with E-state index in [1.807, 2.05) is 47.9 Å². The van der Waals surface area contributed by atoms with Crippen LogP contribution in [0.2, 0.25) is 0 Å².